The predicted molar refractivity (Wildman–Crippen MR) is 65.4 cm³/mol. The molecule has 0 unspecified atom stereocenters. The molecule has 0 aliphatic carbocycles. The molecule has 74 valence electrons. The zero-order valence-corrected chi connectivity index (χ0v) is 9.29. The molecular formula is C13H11NS. The molecule has 3 heterocycles. The number of hydrogen-bond donors (Lipinski definition) is 0. The number of pyridine rings is 1. The summed E-state index contributed by atoms with van der Waals surface area (Å²) in [7, 11) is 0. The summed E-state index contributed by atoms with van der Waals surface area (Å²) in [6.07, 6.45) is 4.35. The van der Waals surface area contributed by atoms with Crippen LogP contribution >= 0.6 is 11.3 Å². The fraction of sp³-hybridized carbons (Fsp3) is 0.0769. The Labute approximate surface area is 92.6 Å². The second-order valence-corrected chi connectivity index (χ2v) is 4.69. The van der Waals surface area contributed by atoms with E-state index < -0.39 is 0 Å². The molecule has 15 heavy (non-hydrogen) atoms. The van der Waals surface area contributed by atoms with Gasteiger partial charge in [-0.15, -0.1) is 11.3 Å². The van der Waals surface area contributed by atoms with Crippen molar-refractivity contribution in [1.82, 2.24) is 4.40 Å². The van der Waals surface area contributed by atoms with E-state index in [4.69, 9.17) is 0 Å². The summed E-state index contributed by atoms with van der Waals surface area (Å²) < 4.78 is 2.18. The normalized spacial score (nSPS) is 11.0. The van der Waals surface area contributed by atoms with Crippen LogP contribution in [0.25, 0.3) is 16.0 Å². The van der Waals surface area contributed by atoms with E-state index in [-0.39, 0.29) is 0 Å². The zero-order chi connectivity index (χ0) is 10.3. The molecule has 1 nitrogen and oxygen atoms in total. The lowest BCUT2D eigenvalue weighted by Crippen LogP contribution is -1.81. The number of rotatable bonds is 1. The van der Waals surface area contributed by atoms with E-state index >= 15 is 0 Å². The SMILES string of the molecule is Cc1ccc2cc(-c3cccs3)cn2c1. The third-order valence-electron chi connectivity index (χ3n) is 2.55. The summed E-state index contributed by atoms with van der Waals surface area (Å²) in [6.45, 7) is 2.12. The van der Waals surface area contributed by atoms with Crippen LogP contribution in [0.2, 0.25) is 0 Å². The molecule has 0 aromatic carbocycles. The van der Waals surface area contributed by atoms with Crippen LogP contribution in [0, 0.1) is 6.92 Å². The number of nitrogens with zero attached hydrogens (tertiary/aromatic N) is 1. The van der Waals surface area contributed by atoms with Gasteiger partial charge in [-0.3, -0.25) is 0 Å². The highest BCUT2D eigenvalue weighted by Gasteiger charge is 2.02. The van der Waals surface area contributed by atoms with Crippen molar-refractivity contribution in [3.63, 3.8) is 0 Å². The van der Waals surface area contributed by atoms with E-state index in [1.165, 1.54) is 21.5 Å². The molecule has 3 aromatic rings. The maximum absolute atomic E-state index is 2.23. The summed E-state index contributed by atoms with van der Waals surface area (Å²) in [6, 6.07) is 10.8. The van der Waals surface area contributed by atoms with Gasteiger partial charge in [0.15, 0.2) is 0 Å². The molecule has 0 radical (unpaired) electrons. The van der Waals surface area contributed by atoms with Gasteiger partial charge in [-0.05, 0) is 36.1 Å². The first-order valence-corrected chi connectivity index (χ1v) is 5.83. The lowest BCUT2D eigenvalue weighted by molar-refractivity contribution is 1.17. The van der Waals surface area contributed by atoms with Crippen molar-refractivity contribution < 1.29 is 0 Å². The Kier molecular flexibility index (Phi) is 1.89. The number of aryl methyl sites for hydroxylation is 1. The van der Waals surface area contributed by atoms with E-state index in [2.05, 4.69) is 59.4 Å². The van der Waals surface area contributed by atoms with Crippen LogP contribution in [0.5, 0.6) is 0 Å². The summed E-state index contributed by atoms with van der Waals surface area (Å²) in [5.74, 6) is 0. The summed E-state index contributed by atoms with van der Waals surface area (Å²) in [5.41, 5.74) is 3.84. The first-order chi connectivity index (χ1) is 7.33. The van der Waals surface area contributed by atoms with Crippen molar-refractivity contribution >= 4 is 16.9 Å². The third-order valence-corrected chi connectivity index (χ3v) is 3.46. The van der Waals surface area contributed by atoms with Crippen LogP contribution in [0.3, 0.4) is 0 Å². The number of aromatic nitrogens is 1. The standard InChI is InChI=1S/C13H11NS/c1-10-4-5-12-7-11(9-14(12)8-10)13-3-2-6-15-13/h2-9H,1H3. The average molecular weight is 213 g/mol. The number of fused-ring (bicyclic) bond motifs is 1. The Balaban J connectivity index is 2.22. The van der Waals surface area contributed by atoms with E-state index in [9.17, 15) is 0 Å². The van der Waals surface area contributed by atoms with Gasteiger partial charge in [-0.1, -0.05) is 12.1 Å². The first-order valence-electron chi connectivity index (χ1n) is 4.95. The summed E-state index contributed by atoms with van der Waals surface area (Å²) in [4.78, 5) is 1.33. The van der Waals surface area contributed by atoms with Crippen molar-refractivity contribution in [1.29, 1.82) is 0 Å². The van der Waals surface area contributed by atoms with Gasteiger partial charge < -0.3 is 4.40 Å². The Morgan fingerprint density at radius 1 is 1.13 bits per heavy atom. The highest BCUT2D eigenvalue weighted by Crippen LogP contribution is 2.26. The molecule has 0 fully saturated rings. The molecule has 0 aliphatic rings. The van der Waals surface area contributed by atoms with Crippen LogP contribution < -0.4 is 0 Å². The van der Waals surface area contributed by atoms with E-state index in [1.54, 1.807) is 11.3 Å². The van der Waals surface area contributed by atoms with E-state index in [0.29, 0.717) is 0 Å². The Morgan fingerprint density at radius 2 is 2.07 bits per heavy atom. The molecule has 3 rings (SSSR count). The molecule has 2 heteroatoms. The molecule has 0 N–H and O–H groups in total. The van der Waals surface area contributed by atoms with Crippen LogP contribution in [0.15, 0.2) is 48.1 Å². The zero-order valence-electron chi connectivity index (χ0n) is 8.47. The van der Waals surface area contributed by atoms with Gasteiger partial charge >= 0.3 is 0 Å². The maximum Gasteiger partial charge on any atom is 0.0456 e. The molecule has 0 spiro atoms. The fourth-order valence-electron chi connectivity index (χ4n) is 1.80. The predicted octanol–water partition coefficient (Wildman–Crippen LogP) is 3.98. The van der Waals surface area contributed by atoms with Gasteiger partial charge in [0.25, 0.3) is 0 Å². The van der Waals surface area contributed by atoms with Crippen molar-refractivity contribution in [2.24, 2.45) is 0 Å². The van der Waals surface area contributed by atoms with Gasteiger partial charge in [-0.2, -0.15) is 0 Å². The molecule has 0 aliphatic heterocycles. The topological polar surface area (TPSA) is 4.41 Å². The van der Waals surface area contributed by atoms with Crippen molar-refractivity contribution in [3.8, 4) is 10.4 Å². The Bertz CT molecular complexity index is 590. The molecule has 0 bridgehead atoms. The number of thiophene rings is 1. The smallest absolute Gasteiger partial charge is 0.0456 e. The van der Waals surface area contributed by atoms with Gasteiger partial charge in [0, 0.05) is 28.4 Å². The van der Waals surface area contributed by atoms with Crippen molar-refractivity contribution in [2.45, 2.75) is 6.92 Å². The lowest BCUT2D eigenvalue weighted by atomic mass is 10.2. The minimum Gasteiger partial charge on any atom is -0.323 e. The first kappa shape index (κ1) is 8.74. The van der Waals surface area contributed by atoms with Crippen LogP contribution in [-0.4, -0.2) is 4.40 Å². The second-order valence-electron chi connectivity index (χ2n) is 3.74. The Hall–Kier alpha value is -1.54. The van der Waals surface area contributed by atoms with Crippen molar-refractivity contribution in [2.75, 3.05) is 0 Å². The minimum atomic E-state index is 1.25. The minimum absolute atomic E-state index is 1.25. The van der Waals surface area contributed by atoms with Gasteiger partial charge in [0.05, 0.1) is 0 Å². The van der Waals surface area contributed by atoms with Crippen molar-refractivity contribution in [3.05, 3.63) is 53.7 Å². The highest BCUT2D eigenvalue weighted by atomic mass is 32.1. The fourth-order valence-corrected chi connectivity index (χ4v) is 2.51. The number of hydrogen-bond acceptors (Lipinski definition) is 1. The summed E-state index contributed by atoms with van der Waals surface area (Å²) >= 11 is 1.78. The van der Waals surface area contributed by atoms with Gasteiger partial charge in [0.1, 0.15) is 0 Å². The Morgan fingerprint density at radius 3 is 2.87 bits per heavy atom. The molecule has 0 saturated heterocycles. The van der Waals surface area contributed by atoms with Crippen LogP contribution in [-0.2, 0) is 0 Å². The van der Waals surface area contributed by atoms with E-state index in [0.717, 1.165) is 0 Å². The van der Waals surface area contributed by atoms with Crippen LogP contribution in [0.1, 0.15) is 5.56 Å². The van der Waals surface area contributed by atoms with Crippen LogP contribution in [0.4, 0.5) is 0 Å². The maximum atomic E-state index is 2.23. The highest BCUT2D eigenvalue weighted by molar-refractivity contribution is 7.13. The molecular weight excluding hydrogens is 202 g/mol. The lowest BCUT2D eigenvalue weighted by Gasteiger charge is -1.94. The third kappa shape index (κ3) is 1.47. The monoisotopic (exact) mass is 213 g/mol. The second kappa shape index (κ2) is 3.24. The quantitative estimate of drug-likeness (QED) is 0.576. The molecule has 3 aromatic heterocycles. The van der Waals surface area contributed by atoms with Gasteiger partial charge in [0.2, 0.25) is 0 Å². The summed E-state index contributed by atoms with van der Waals surface area (Å²) in [5, 5.41) is 2.11. The molecule has 0 saturated carbocycles. The average Bonchev–Trinajstić information content (AvgIpc) is 2.84. The van der Waals surface area contributed by atoms with Gasteiger partial charge in [-0.25, -0.2) is 0 Å². The largest absolute Gasteiger partial charge is 0.323 e. The molecule has 0 atom stereocenters. The van der Waals surface area contributed by atoms with E-state index in [1.807, 2.05) is 0 Å². The molecule has 0 amide bonds.